The van der Waals surface area contributed by atoms with Crippen molar-refractivity contribution in [2.45, 2.75) is 32.7 Å². The van der Waals surface area contributed by atoms with Crippen molar-refractivity contribution in [1.82, 2.24) is 10.1 Å². The zero-order chi connectivity index (χ0) is 13.3. The topological polar surface area (TPSA) is 64.9 Å². The summed E-state index contributed by atoms with van der Waals surface area (Å²) < 4.78 is 5.27. The molecule has 0 aliphatic heterocycles. The first kappa shape index (κ1) is 13.1. The fourth-order valence-corrected chi connectivity index (χ4v) is 1.72. The van der Waals surface area contributed by atoms with Gasteiger partial charge in [-0.3, -0.25) is 0 Å². The van der Waals surface area contributed by atoms with Crippen LogP contribution in [-0.4, -0.2) is 10.1 Å². The van der Waals surface area contributed by atoms with Crippen LogP contribution in [0.4, 0.5) is 0 Å². The normalized spacial score (nSPS) is 14.5. The molecule has 0 amide bonds. The van der Waals surface area contributed by atoms with Crippen molar-refractivity contribution in [2.75, 3.05) is 0 Å². The van der Waals surface area contributed by atoms with Gasteiger partial charge in [-0.05, 0) is 38.0 Å². The molecule has 4 nitrogen and oxygen atoms in total. The van der Waals surface area contributed by atoms with E-state index in [-0.39, 0.29) is 0 Å². The molecule has 0 saturated carbocycles. The van der Waals surface area contributed by atoms with Crippen LogP contribution < -0.4 is 5.73 Å². The van der Waals surface area contributed by atoms with Gasteiger partial charge in [-0.1, -0.05) is 29.7 Å². The fourth-order valence-electron chi connectivity index (χ4n) is 1.55. The molecule has 0 radical (unpaired) electrons. The molecule has 0 aliphatic rings. The molecular formula is C13H16ClN3O. The Balaban J connectivity index is 2.44. The number of hydrogen-bond donors (Lipinski definition) is 1. The predicted octanol–water partition coefficient (Wildman–Crippen LogP) is 3.28. The molecular weight excluding hydrogens is 250 g/mol. The highest BCUT2D eigenvalue weighted by molar-refractivity contribution is 6.30. The van der Waals surface area contributed by atoms with E-state index in [1.165, 1.54) is 0 Å². The van der Waals surface area contributed by atoms with Crippen molar-refractivity contribution in [3.05, 3.63) is 34.6 Å². The van der Waals surface area contributed by atoms with Gasteiger partial charge in [0.15, 0.2) is 5.82 Å². The molecule has 0 bridgehead atoms. The Morgan fingerprint density at radius 1 is 1.44 bits per heavy atom. The average Bonchev–Trinajstić information content (AvgIpc) is 2.82. The molecule has 1 aromatic heterocycles. The van der Waals surface area contributed by atoms with Gasteiger partial charge in [0.05, 0.1) is 5.54 Å². The maximum atomic E-state index is 6.09. The van der Waals surface area contributed by atoms with Gasteiger partial charge in [0, 0.05) is 10.6 Å². The van der Waals surface area contributed by atoms with Crippen molar-refractivity contribution in [1.29, 1.82) is 0 Å². The van der Waals surface area contributed by atoms with Gasteiger partial charge in [0.2, 0.25) is 0 Å². The van der Waals surface area contributed by atoms with Crippen molar-refractivity contribution < 1.29 is 4.52 Å². The second-order valence-corrected chi connectivity index (χ2v) is 5.09. The Bertz CT molecular complexity index is 563. The third-order valence-electron chi connectivity index (χ3n) is 3.10. The second-order valence-electron chi connectivity index (χ2n) is 4.65. The number of aromatic nitrogens is 2. The Morgan fingerprint density at radius 2 is 2.17 bits per heavy atom. The number of nitrogens with zero attached hydrogens (tertiary/aromatic N) is 2. The van der Waals surface area contributed by atoms with E-state index in [1.54, 1.807) is 0 Å². The Hall–Kier alpha value is -1.39. The van der Waals surface area contributed by atoms with E-state index >= 15 is 0 Å². The Labute approximate surface area is 111 Å². The standard InChI is InChI=1S/C13H16ClN3O/c1-4-13(3,15)12-16-11(18-17-12)10-7-9(14)6-5-8(10)2/h5-7H,4,15H2,1-3H3. The minimum atomic E-state index is -0.575. The maximum Gasteiger partial charge on any atom is 0.258 e. The minimum absolute atomic E-state index is 0.454. The lowest BCUT2D eigenvalue weighted by molar-refractivity contribution is 0.379. The Kier molecular flexibility index (Phi) is 3.41. The molecule has 0 fully saturated rings. The van der Waals surface area contributed by atoms with Crippen LogP contribution in [0.5, 0.6) is 0 Å². The molecule has 5 heteroatoms. The summed E-state index contributed by atoms with van der Waals surface area (Å²) in [7, 11) is 0. The first-order valence-corrected chi connectivity index (χ1v) is 6.21. The molecule has 1 unspecified atom stereocenters. The van der Waals surface area contributed by atoms with Crippen molar-refractivity contribution in [3.8, 4) is 11.5 Å². The zero-order valence-electron chi connectivity index (χ0n) is 10.7. The summed E-state index contributed by atoms with van der Waals surface area (Å²) in [5.41, 5.74) is 7.38. The quantitative estimate of drug-likeness (QED) is 0.925. The van der Waals surface area contributed by atoms with E-state index in [0.717, 1.165) is 17.5 Å². The number of halogens is 1. The lowest BCUT2D eigenvalue weighted by Gasteiger charge is -2.16. The van der Waals surface area contributed by atoms with Gasteiger partial charge in [-0.15, -0.1) is 0 Å². The van der Waals surface area contributed by atoms with E-state index < -0.39 is 5.54 Å². The van der Waals surface area contributed by atoms with Crippen LogP contribution >= 0.6 is 11.6 Å². The number of rotatable bonds is 3. The summed E-state index contributed by atoms with van der Waals surface area (Å²) in [4.78, 5) is 4.36. The smallest absolute Gasteiger partial charge is 0.258 e. The summed E-state index contributed by atoms with van der Waals surface area (Å²) in [5, 5.41) is 4.59. The van der Waals surface area contributed by atoms with Gasteiger partial charge >= 0.3 is 0 Å². The minimum Gasteiger partial charge on any atom is -0.334 e. The Morgan fingerprint density at radius 3 is 2.83 bits per heavy atom. The molecule has 2 N–H and O–H groups in total. The molecule has 1 aromatic carbocycles. The summed E-state index contributed by atoms with van der Waals surface area (Å²) in [6.45, 7) is 5.84. The highest BCUT2D eigenvalue weighted by atomic mass is 35.5. The largest absolute Gasteiger partial charge is 0.334 e. The summed E-state index contributed by atoms with van der Waals surface area (Å²) in [6, 6.07) is 5.56. The first-order chi connectivity index (χ1) is 8.44. The van der Waals surface area contributed by atoms with Crippen LogP contribution in [0, 0.1) is 6.92 Å². The average molecular weight is 266 g/mol. The van der Waals surface area contributed by atoms with Crippen LogP contribution in [0.25, 0.3) is 11.5 Å². The number of benzene rings is 1. The van der Waals surface area contributed by atoms with Gasteiger partial charge in [0.25, 0.3) is 5.89 Å². The molecule has 1 heterocycles. The first-order valence-electron chi connectivity index (χ1n) is 5.83. The van der Waals surface area contributed by atoms with E-state index in [2.05, 4.69) is 10.1 Å². The fraction of sp³-hybridized carbons (Fsp3) is 0.385. The highest BCUT2D eigenvalue weighted by Crippen LogP contribution is 2.27. The summed E-state index contributed by atoms with van der Waals surface area (Å²) >= 11 is 5.98. The predicted molar refractivity (Wildman–Crippen MR) is 71.3 cm³/mol. The van der Waals surface area contributed by atoms with Crippen molar-refractivity contribution >= 4 is 11.6 Å². The van der Waals surface area contributed by atoms with Crippen molar-refractivity contribution in [3.63, 3.8) is 0 Å². The lowest BCUT2D eigenvalue weighted by atomic mass is 10.00. The third kappa shape index (κ3) is 2.40. The summed E-state index contributed by atoms with van der Waals surface area (Å²) in [5.74, 6) is 0.967. The van der Waals surface area contributed by atoms with Crippen LogP contribution in [-0.2, 0) is 5.54 Å². The molecule has 1 atom stereocenters. The van der Waals surface area contributed by atoms with Gasteiger partial charge < -0.3 is 10.3 Å². The van der Waals surface area contributed by atoms with Crippen LogP contribution in [0.2, 0.25) is 5.02 Å². The molecule has 18 heavy (non-hydrogen) atoms. The van der Waals surface area contributed by atoms with E-state index in [0.29, 0.717) is 16.7 Å². The maximum absolute atomic E-state index is 6.09. The molecule has 0 saturated heterocycles. The van der Waals surface area contributed by atoms with Gasteiger partial charge in [0.1, 0.15) is 0 Å². The zero-order valence-corrected chi connectivity index (χ0v) is 11.5. The number of nitrogens with two attached hydrogens (primary N) is 1. The van der Waals surface area contributed by atoms with E-state index in [4.69, 9.17) is 21.9 Å². The monoisotopic (exact) mass is 265 g/mol. The van der Waals surface area contributed by atoms with E-state index in [9.17, 15) is 0 Å². The second kappa shape index (κ2) is 4.71. The highest BCUT2D eigenvalue weighted by Gasteiger charge is 2.25. The lowest BCUT2D eigenvalue weighted by Crippen LogP contribution is -2.33. The van der Waals surface area contributed by atoms with Crippen LogP contribution in [0.1, 0.15) is 31.7 Å². The molecule has 0 spiro atoms. The number of hydrogen-bond acceptors (Lipinski definition) is 4. The van der Waals surface area contributed by atoms with Gasteiger partial charge in [-0.25, -0.2) is 0 Å². The molecule has 2 rings (SSSR count). The van der Waals surface area contributed by atoms with Crippen LogP contribution in [0.3, 0.4) is 0 Å². The third-order valence-corrected chi connectivity index (χ3v) is 3.34. The van der Waals surface area contributed by atoms with Crippen LogP contribution in [0.15, 0.2) is 22.7 Å². The molecule has 0 aliphatic carbocycles. The SMILES string of the molecule is CCC(C)(N)c1noc(-c2cc(Cl)ccc2C)n1. The van der Waals surface area contributed by atoms with E-state index in [1.807, 2.05) is 39.0 Å². The van der Waals surface area contributed by atoms with Crippen molar-refractivity contribution in [2.24, 2.45) is 5.73 Å². The molecule has 96 valence electrons. The summed E-state index contributed by atoms with van der Waals surface area (Å²) in [6.07, 6.45) is 0.737. The molecule has 2 aromatic rings. The number of aryl methyl sites for hydroxylation is 1. The van der Waals surface area contributed by atoms with Gasteiger partial charge in [-0.2, -0.15) is 4.98 Å².